The molecule has 1 aromatic heterocycles. The van der Waals surface area contributed by atoms with Crippen molar-refractivity contribution in [3.63, 3.8) is 0 Å². The number of hydrogen-bond donors (Lipinski definition) is 2. The Bertz CT molecular complexity index is 1270. The number of hydrogen-bond acceptors (Lipinski definition) is 5. The number of Topliss-reactive ketones (excluding diaryl/α,β-unsaturated/α-hetero) is 1. The maximum Gasteiger partial charge on any atom is 0.404 e. The van der Waals surface area contributed by atoms with E-state index in [2.05, 4.69) is 5.32 Å². The van der Waals surface area contributed by atoms with Crippen LogP contribution in [-0.2, 0) is 11.3 Å². The number of para-hydroxylation sites is 1. The van der Waals surface area contributed by atoms with E-state index < -0.39 is 12.1 Å². The Hall–Kier alpha value is -4.26. The van der Waals surface area contributed by atoms with Crippen molar-refractivity contribution in [1.29, 1.82) is 0 Å². The van der Waals surface area contributed by atoms with E-state index in [-0.39, 0.29) is 12.4 Å². The number of carbonyl (C=O) groups excluding carboxylic acids is 2. The van der Waals surface area contributed by atoms with Crippen LogP contribution in [0.3, 0.4) is 0 Å². The summed E-state index contributed by atoms with van der Waals surface area (Å²) in [4.78, 5) is 24.9. The molecule has 0 saturated carbocycles. The molecule has 0 fully saturated rings. The first-order chi connectivity index (χ1) is 16.1. The number of amides is 1. The van der Waals surface area contributed by atoms with Crippen LogP contribution >= 0.6 is 0 Å². The van der Waals surface area contributed by atoms with Crippen LogP contribution in [0.4, 0.5) is 10.5 Å². The molecule has 0 spiro atoms. The summed E-state index contributed by atoms with van der Waals surface area (Å²) in [6, 6.07) is 24.1. The number of methoxy groups -OCH3 is 1. The highest BCUT2D eigenvalue weighted by Gasteiger charge is 2.25. The first-order valence-corrected chi connectivity index (χ1v) is 10.6. The number of rotatable bonds is 9. The van der Waals surface area contributed by atoms with Crippen molar-refractivity contribution in [2.75, 3.05) is 19.0 Å². The van der Waals surface area contributed by atoms with Crippen molar-refractivity contribution < 1.29 is 19.1 Å². The second-order valence-corrected chi connectivity index (χ2v) is 7.51. The van der Waals surface area contributed by atoms with Crippen LogP contribution in [0.5, 0.6) is 5.75 Å². The summed E-state index contributed by atoms with van der Waals surface area (Å²) in [7, 11) is 1.61. The third-order valence-corrected chi connectivity index (χ3v) is 5.41. The molecule has 7 heteroatoms. The molecule has 0 saturated heterocycles. The van der Waals surface area contributed by atoms with Crippen LogP contribution in [0.25, 0.3) is 10.9 Å². The van der Waals surface area contributed by atoms with Gasteiger partial charge in [0, 0.05) is 34.4 Å². The predicted octanol–water partition coefficient (Wildman–Crippen LogP) is 4.78. The number of anilines is 1. The quantitative estimate of drug-likeness (QED) is 0.363. The van der Waals surface area contributed by atoms with Crippen molar-refractivity contribution in [3.05, 3.63) is 96.2 Å². The topological polar surface area (TPSA) is 95.6 Å². The molecule has 1 heterocycles. The molecule has 0 aliphatic heterocycles. The summed E-state index contributed by atoms with van der Waals surface area (Å²) in [5, 5.41) is 4.20. The number of carbonyl (C=O) groups is 2. The zero-order valence-corrected chi connectivity index (χ0v) is 18.2. The SMILES string of the molecule is COc1cccc(NC(C(=O)c2cn(CCOC(N)=O)c3ccccc23)c2ccccc2)c1. The molecule has 1 atom stereocenters. The number of aromatic nitrogens is 1. The van der Waals surface area contributed by atoms with E-state index in [0.29, 0.717) is 17.9 Å². The van der Waals surface area contributed by atoms with Crippen molar-refractivity contribution in [3.8, 4) is 5.75 Å². The Kier molecular flexibility index (Phi) is 6.59. The standard InChI is InChI=1S/C26H25N3O4/c1-32-20-11-7-10-19(16-20)28-24(18-8-3-2-4-9-18)25(30)22-17-29(14-15-33-26(27)31)23-13-6-5-12-21(22)23/h2-13,16-17,24,28H,14-15H2,1H3,(H2,27,31). The van der Waals surface area contributed by atoms with Gasteiger partial charge in [-0.2, -0.15) is 0 Å². The van der Waals surface area contributed by atoms with E-state index in [1.165, 1.54) is 0 Å². The second-order valence-electron chi connectivity index (χ2n) is 7.51. The van der Waals surface area contributed by atoms with Gasteiger partial charge in [-0.05, 0) is 23.8 Å². The molecule has 0 aliphatic carbocycles. The van der Waals surface area contributed by atoms with Gasteiger partial charge >= 0.3 is 6.09 Å². The van der Waals surface area contributed by atoms with Gasteiger partial charge in [0.15, 0.2) is 5.78 Å². The molecular formula is C26H25N3O4. The highest BCUT2D eigenvalue weighted by atomic mass is 16.5. The van der Waals surface area contributed by atoms with E-state index in [4.69, 9.17) is 15.2 Å². The fraction of sp³-hybridized carbons (Fsp3) is 0.154. The number of fused-ring (bicyclic) bond motifs is 1. The molecule has 4 aromatic rings. The second kappa shape index (κ2) is 9.91. The Morgan fingerprint density at radius 2 is 1.76 bits per heavy atom. The number of nitrogens with zero attached hydrogens (tertiary/aromatic N) is 1. The molecule has 33 heavy (non-hydrogen) atoms. The maximum atomic E-state index is 13.9. The van der Waals surface area contributed by atoms with Crippen LogP contribution in [0.15, 0.2) is 85.1 Å². The third-order valence-electron chi connectivity index (χ3n) is 5.41. The molecular weight excluding hydrogens is 418 g/mol. The van der Waals surface area contributed by atoms with Gasteiger partial charge in [-0.3, -0.25) is 4.79 Å². The van der Waals surface area contributed by atoms with Crippen LogP contribution < -0.4 is 15.8 Å². The number of nitrogens with two attached hydrogens (primary N) is 1. The number of ether oxygens (including phenoxy) is 2. The summed E-state index contributed by atoms with van der Waals surface area (Å²) in [6.07, 6.45) is 0.981. The summed E-state index contributed by atoms with van der Waals surface area (Å²) in [5.74, 6) is 0.625. The molecule has 168 valence electrons. The normalized spacial score (nSPS) is 11.7. The highest BCUT2D eigenvalue weighted by Crippen LogP contribution is 2.30. The van der Waals surface area contributed by atoms with Gasteiger partial charge in [0.2, 0.25) is 0 Å². The minimum Gasteiger partial charge on any atom is -0.497 e. The van der Waals surface area contributed by atoms with Gasteiger partial charge in [-0.25, -0.2) is 4.79 Å². The fourth-order valence-corrected chi connectivity index (χ4v) is 3.85. The number of ketones is 1. The predicted molar refractivity (Wildman–Crippen MR) is 128 cm³/mol. The highest BCUT2D eigenvalue weighted by molar-refractivity contribution is 6.11. The van der Waals surface area contributed by atoms with Crippen LogP contribution in [0, 0.1) is 0 Å². The lowest BCUT2D eigenvalue weighted by Crippen LogP contribution is -2.21. The van der Waals surface area contributed by atoms with Gasteiger partial charge in [0.1, 0.15) is 18.4 Å². The molecule has 4 rings (SSSR count). The van der Waals surface area contributed by atoms with Crippen LogP contribution in [0.1, 0.15) is 22.0 Å². The van der Waals surface area contributed by atoms with Gasteiger partial charge in [-0.1, -0.05) is 54.6 Å². The average Bonchev–Trinajstić information content (AvgIpc) is 3.21. The fourth-order valence-electron chi connectivity index (χ4n) is 3.85. The largest absolute Gasteiger partial charge is 0.497 e. The molecule has 7 nitrogen and oxygen atoms in total. The van der Waals surface area contributed by atoms with Crippen molar-refractivity contribution >= 4 is 28.5 Å². The maximum absolute atomic E-state index is 13.9. The summed E-state index contributed by atoms with van der Waals surface area (Å²) in [5.41, 5.74) is 8.15. The first kappa shape index (κ1) is 22.0. The summed E-state index contributed by atoms with van der Waals surface area (Å²) < 4.78 is 12.1. The lowest BCUT2D eigenvalue weighted by molar-refractivity contribution is 0.0970. The van der Waals surface area contributed by atoms with E-state index in [9.17, 15) is 9.59 Å². The zero-order chi connectivity index (χ0) is 23.2. The third kappa shape index (κ3) is 4.98. The minimum atomic E-state index is -0.825. The zero-order valence-electron chi connectivity index (χ0n) is 18.2. The number of primary amides is 1. The van der Waals surface area contributed by atoms with Gasteiger partial charge in [-0.15, -0.1) is 0 Å². The molecule has 0 bridgehead atoms. The Labute approximate surface area is 191 Å². The van der Waals surface area contributed by atoms with Crippen molar-refractivity contribution in [2.24, 2.45) is 5.73 Å². The van der Waals surface area contributed by atoms with E-state index in [0.717, 1.165) is 22.2 Å². The molecule has 1 unspecified atom stereocenters. The summed E-state index contributed by atoms with van der Waals surface area (Å²) >= 11 is 0. The van der Waals surface area contributed by atoms with Crippen LogP contribution in [0.2, 0.25) is 0 Å². The van der Waals surface area contributed by atoms with Gasteiger partial charge in [0.25, 0.3) is 0 Å². The van der Waals surface area contributed by atoms with E-state index in [1.807, 2.05) is 83.4 Å². The number of benzene rings is 3. The van der Waals surface area contributed by atoms with Crippen molar-refractivity contribution in [2.45, 2.75) is 12.6 Å². The minimum absolute atomic E-state index is 0.0743. The van der Waals surface area contributed by atoms with Gasteiger partial charge in [0.05, 0.1) is 13.7 Å². The van der Waals surface area contributed by atoms with Crippen LogP contribution in [-0.4, -0.2) is 30.2 Å². The molecule has 3 aromatic carbocycles. The lowest BCUT2D eigenvalue weighted by atomic mass is 9.96. The molecule has 0 radical (unpaired) electrons. The van der Waals surface area contributed by atoms with Gasteiger partial charge < -0.3 is 25.1 Å². The average molecular weight is 444 g/mol. The molecule has 0 aliphatic rings. The molecule has 3 N–H and O–H groups in total. The van der Waals surface area contributed by atoms with E-state index in [1.54, 1.807) is 13.3 Å². The summed E-state index contributed by atoms with van der Waals surface area (Å²) in [6.45, 7) is 0.502. The molecule has 1 amide bonds. The van der Waals surface area contributed by atoms with Crippen molar-refractivity contribution in [1.82, 2.24) is 4.57 Å². The number of nitrogens with one attached hydrogen (secondary N) is 1. The lowest BCUT2D eigenvalue weighted by Gasteiger charge is -2.19. The smallest absolute Gasteiger partial charge is 0.404 e. The first-order valence-electron chi connectivity index (χ1n) is 10.6. The Morgan fingerprint density at radius 1 is 1.00 bits per heavy atom. The Morgan fingerprint density at radius 3 is 2.52 bits per heavy atom. The van der Waals surface area contributed by atoms with E-state index >= 15 is 0 Å². The Balaban J connectivity index is 1.72. The monoisotopic (exact) mass is 443 g/mol.